The smallest absolute Gasteiger partial charge is 0.0594 e. The topological polar surface area (TPSA) is 24.5 Å². The van der Waals surface area contributed by atoms with E-state index in [1.165, 1.54) is 16.7 Å². The molecule has 0 saturated carbocycles. The molecule has 0 aliphatic carbocycles. The molecule has 102 valence electrons. The van der Waals surface area contributed by atoms with Gasteiger partial charge in [0.2, 0.25) is 0 Å². The summed E-state index contributed by atoms with van der Waals surface area (Å²) in [5, 5.41) is 3.43. The Kier molecular flexibility index (Phi) is 4.28. The highest BCUT2D eigenvalue weighted by Crippen LogP contribution is 2.19. The van der Waals surface area contributed by atoms with Crippen molar-refractivity contribution < 1.29 is 4.74 Å². The molecule has 0 spiro atoms. The van der Waals surface area contributed by atoms with E-state index in [4.69, 9.17) is 4.74 Å². The summed E-state index contributed by atoms with van der Waals surface area (Å²) in [6, 6.07) is 6.64. The minimum Gasteiger partial charge on any atom is -0.379 e. The maximum atomic E-state index is 5.37. The lowest BCUT2D eigenvalue weighted by molar-refractivity contribution is 0.0435. The largest absolute Gasteiger partial charge is 0.379 e. The average molecular weight is 258 g/mol. The third kappa shape index (κ3) is 3.24. The number of hydrogen-bond acceptors (Lipinski definition) is 3. The highest BCUT2D eigenvalue weighted by molar-refractivity contribution is 5.56. The van der Waals surface area contributed by atoms with Crippen molar-refractivity contribution in [3.05, 3.63) is 41.0 Å². The van der Waals surface area contributed by atoms with Crippen molar-refractivity contribution in [2.75, 3.05) is 39.4 Å². The lowest BCUT2D eigenvalue weighted by Gasteiger charge is -2.25. The van der Waals surface area contributed by atoms with E-state index in [-0.39, 0.29) is 0 Å². The Morgan fingerprint density at radius 3 is 3.05 bits per heavy atom. The molecule has 3 heteroatoms. The van der Waals surface area contributed by atoms with Crippen LogP contribution in [0.25, 0.3) is 6.08 Å². The Morgan fingerprint density at radius 1 is 1.26 bits per heavy atom. The number of benzene rings is 1. The fourth-order valence-electron chi connectivity index (χ4n) is 2.83. The highest BCUT2D eigenvalue weighted by atomic mass is 16.5. The summed E-state index contributed by atoms with van der Waals surface area (Å²) in [5.74, 6) is 0. The molecule has 0 radical (unpaired) electrons. The van der Waals surface area contributed by atoms with Crippen LogP contribution in [0.5, 0.6) is 0 Å². The molecule has 0 atom stereocenters. The van der Waals surface area contributed by atoms with Crippen molar-refractivity contribution >= 4 is 6.08 Å². The average Bonchev–Trinajstić information content (AvgIpc) is 2.49. The number of nitrogens with one attached hydrogen (secondary N) is 1. The third-order valence-corrected chi connectivity index (χ3v) is 3.94. The second-order valence-electron chi connectivity index (χ2n) is 5.23. The zero-order valence-corrected chi connectivity index (χ0v) is 11.4. The van der Waals surface area contributed by atoms with E-state index >= 15 is 0 Å². The van der Waals surface area contributed by atoms with E-state index in [1.54, 1.807) is 0 Å². The van der Waals surface area contributed by atoms with Crippen LogP contribution in [0, 0.1) is 0 Å². The number of fused-ring (bicyclic) bond motifs is 1. The Morgan fingerprint density at radius 2 is 2.16 bits per heavy atom. The van der Waals surface area contributed by atoms with Gasteiger partial charge < -0.3 is 10.1 Å². The quantitative estimate of drug-likeness (QED) is 0.892. The summed E-state index contributed by atoms with van der Waals surface area (Å²) in [6.45, 7) is 7.01. The summed E-state index contributed by atoms with van der Waals surface area (Å²) in [6.07, 6.45) is 5.73. The molecular formula is C16H22N2O. The first-order valence-corrected chi connectivity index (χ1v) is 7.21. The summed E-state index contributed by atoms with van der Waals surface area (Å²) in [4.78, 5) is 2.44. The third-order valence-electron chi connectivity index (χ3n) is 3.94. The van der Waals surface area contributed by atoms with Crippen molar-refractivity contribution in [1.82, 2.24) is 10.2 Å². The van der Waals surface area contributed by atoms with E-state index in [9.17, 15) is 0 Å². The van der Waals surface area contributed by atoms with Gasteiger partial charge in [0.25, 0.3) is 0 Å². The Bertz CT molecular complexity index is 450. The van der Waals surface area contributed by atoms with Crippen molar-refractivity contribution in [2.24, 2.45) is 0 Å². The summed E-state index contributed by atoms with van der Waals surface area (Å²) in [7, 11) is 0. The molecule has 1 aromatic rings. The van der Waals surface area contributed by atoms with Crippen LogP contribution in [0.2, 0.25) is 0 Å². The van der Waals surface area contributed by atoms with Gasteiger partial charge in [-0.15, -0.1) is 0 Å². The van der Waals surface area contributed by atoms with Gasteiger partial charge in [0.05, 0.1) is 13.2 Å². The maximum Gasteiger partial charge on any atom is 0.0594 e. The highest BCUT2D eigenvalue weighted by Gasteiger charge is 2.11. The predicted octanol–water partition coefficient (Wildman–Crippen LogP) is 1.68. The van der Waals surface area contributed by atoms with E-state index in [2.05, 4.69) is 40.6 Å². The molecule has 1 aromatic carbocycles. The molecule has 19 heavy (non-hydrogen) atoms. The standard InChI is InChI=1S/C16H22N2O/c1-3-14(16-6-7-17-13-15(16)4-1)5-2-8-18-9-11-19-12-10-18/h1-5,17H,6-13H2/b5-2+. The molecule has 3 rings (SSSR count). The van der Waals surface area contributed by atoms with Gasteiger partial charge in [0.1, 0.15) is 0 Å². The number of ether oxygens (including phenoxy) is 1. The van der Waals surface area contributed by atoms with Gasteiger partial charge in [-0.1, -0.05) is 30.4 Å². The number of hydrogen-bond donors (Lipinski definition) is 1. The van der Waals surface area contributed by atoms with Crippen LogP contribution in [0.1, 0.15) is 16.7 Å². The lowest BCUT2D eigenvalue weighted by atomic mass is 9.95. The van der Waals surface area contributed by atoms with Crippen LogP contribution < -0.4 is 5.32 Å². The van der Waals surface area contributed by atoms with Gasteiger partial charge in [0.15, 0.2) is 0 Å². The van der Waals surface area contributed by atoms with Crippen LogP contribution in [0.3, 0.4) is 0 Å². The second kappa shape index (κ2) is 6.33. The molecule has 2 aliphatic rings. The zero-order chi connectivity index (χ0) is 12.9. The van der Waals surface area contributed by atoms with Crippen LogP contribution in [0.15, 0.2) is 24.3 Å². The van der Waals surface area contributed by atoms with Crippen molar-refractivity contribution in [2.45, 2.75) is 13.0 Å². The molecule has 0 bridgehead atoms. The fraction of sp³-hybridized carbons (Fsp3) is 0.500. The summed E-state index contributed by atoms with van der Waals surface area (Å²) in [5.41, 5.74) is 4.38. The fourth-order valence-corrected chi connectivity index (χ4v) is 2.83. The summed E-state index contributed by atoms with van der Waals surface area (Å²) >= 11 is 0. The predicted molar refractivity (Wildman–Crippen MR) is 78.1 cm³/mol. The molecule has 0 amide bonds. The SMILES string of the molecule is C(=C\c1cccc2c1CCNC2)/CN1CCOCC1. The molecule has 3 nitrogen and oxygen atoms in total. The molecule has 0 aromatic heterocycles. The van der Waals surface area contributed by atoms with Crippen LogP contribution in [-0.2, 0) is 17.7 Å². The normalized spacial score (nSPS) is 20.6. The molecular weight excluding hydrogens is 236 g/mol. The molecule has 2 heterocycles. The first-order chi connectivity index (χ1) is 9.43. The van der Waals surface area contributed by atoms with Gasteiger partial charge in [0, 0.05) is 26.2 Å². The van der Waals surface area contributed by atoms with E-state index in [0.717, 1.165) is 52.4 Å². The number of rotatable bonds is 3. The molecule has 1 saturated heterocycles. The number of morpholine rings is 1. The van der Waals surface area contributed by atoms with Gasteiger partial charge in [-0.3, -0.25) is 4.90 Å². The zero-order valence-electron chi connectivity index (χ0n) is 11.4. The maximum absolute atomic E-state index is 5.37. The van der Waals surface area contributed by atoms with Crippen molar-refractivity contribution in [3.8, 4) is 0 Å². The molecule has 1 N–H and O–H groups in total. The van der Waals surface area contributed by atoms with E-state index in [1.807, 2.05) is 0 Å². The molecule has 2 aliphatic heterocycles. The molecule has 0 unspecified atom stereocenters. The van der Waals surface area contributed by atoms with E-state index < -0.39 is 0 Å². The van der Waals surface area contributed by atoms with Gasteiger partial charge >= 0.3 is 0 Å². The van der Waals surface area contributed by atoms with E-state index in [0.29, 0.717) is 0 Å². The van der Waals surface area contributed by atoms with Gasteiger partial charge in [-0.05, 0) is 29.7 Å². The first-order valence-electron chi connectivity index (χ1n) is 7.21. The van der Waals surface area contributed by atoms with Gasteiger partial charge in [-0.25, -0.2) is 0 Å². The monoisotopic (exact) mass is 258 g/mol. The minimum absolute atomic E-state index is 0.875. The Hall–Kier alpha value is -1.16. The lowest BCUT2D eigenvalue weighted by Crippen LogP contribution is -2.36. The number of nitrogens with zero attached hydrogens (tertiary/aromatic N) is 1. The van der Waals surface area contributed by atoms with Crippen molar-refractivity contribution in [1.29, 1.82) is 0 Å². The second-order valence-corrected chi connectivity index (χ2v) is 5.23. The van der Waals surface area contributed by atoms with Gasteiger partial charge in [-0.2, -0.15) is 0 Å². The van der Waals surface area contributed by atoms with Crippen LogP contribution >= 0.6 is 0 Å². The van der Waals surface area contributed by atoms with Crippen molar-refractivity contribution in [3.63, 3.8) is 0 Å². The summed E-state index contributed by atoms with van der Waals surface area (Å²) < 4.78 is 5.37. The molecule has 1 fully saturated rings. The Balaban J connectivity index is 1.65. The van der Waals surface area contributed by atoms with Crippen LogP contribution in [0.4, 0.5) is 0 Å². The first kappa shape index (κ1) is 12.9. The van der Waals surface area contributed by atoms with Crippen LogP contribution in [-0.4, -0.2) is 44.3 Å². The minimum atomic E-state index is 0.875. The Labute approximate surface area is 115 Å².